The maximum absolute atomic E-state index is 12.8. The highest BCUT2D eigenvalue weighted by Crippen LogP contribution is 2.35. The molecule has 0 radical (unpaired) electrons. The number of methoxy groups -OCH3 is 2. The summed E-state index contributed by atoms with van der Waals surface area (Å²) in [6, 6.07) is 17.0. The fourth-order valence-corrected chi connectivity index (χ4v) is 7.23. The van der Waals surface area contributed by atoms with E-state index in [0.717, 1.165) is 95.0 Å². The third-order valence-corrected chi connectivity index (χ3v) is 10.1. The normalized spacial score (nSPS) is 16.1. The van der Waals surface area contributed by atoms with E-state index in [1.165, 1.54) is 14.2 Å². The number of aromatic nitrogens is 5. The highest BCUT2D eigenvalue weighted by molar-refractivity contribution is 5.90. The Hall–Kier alpha value is -6.25. The van der Waals surface area contributed by atoms with E-state index < -0.39 is 12.2 Å². The molecule has 2 fully saturated rings. The van der Waals surface area contributed by atoms with E-state index >= 15 is 0 Å². The van der Waals surface area contributed by atoms with Gasteiger partial charge in [0.25, 0.3) is 0 Å². The average Bonchev–Trinajstić information content (AvgIpc) is 4.04. The fourth-order valence-electron chi connectivity index (χ4n) is 7.23. The molecule has 0 aliphatic carbocycles. The lowest BCUT2D eigenvalue weighted by Gasteiger charge is -2.24. The van der Waals surface area contributed by atoms with Gasteiger partial charge in [-0.25, -0.2) is 19.6 Å². The Bertz CT molecular complexity index is 2160. The van der Waals surface area contributed by atoms with Gasteiger partial charge in [0, 0.05) is 48.8 Å². The average molecular weight is 794 g/mol. The minimum atomic E-state index is -0.745. The first-order chi connectivity index (χ1) is 27.8. The summed E-state index contributed by atoms with van der Waals surface area (Å²) in [6.07, 6.45) is 9.15. The minimum Gasteiger partial charge on any atom is -0.453 e. The number of hydrogen-bond acceptors (Lipinski definition) is 9. The highest BCUT2D eigenvalue weighted by atomic mass is 16.5. The third kappa shape index (κ3) is 11.0. The van der Waals surface area contributed by atoms with Gasteiger partial charge < -0.3 is 40.7 Å². The molecule has 15 nitrogen and oxygen atoms in total. The molecule has 0 spiro atoms. The smallest absolute Gasteiger partial charge is 0.404 e. The van der Waals surface area contributed by atoms with E-state index in [-0.39, 0.29) is 23.9 Å². The summed E-state index contributed by atoms with van der Waals surface area (Å²) in [5.74, 6) is 2.83. The predicted octanol–water partition coefficient (Wildman–Crippen LogP) is 7.52. The maximum Gasteiger partial charge on any atom is 0.404 e. The van der Waals surface area contributed by atoms with Crippen LogP contribution in [0.4, 0.5) is 9.59 Å². The monoisotopic (exact) mass is 793 g/mol. The molecule has 2 saturated heterocycles. The SMILES string of the molecule is CC(C)CC(=O)N1CCC[C@H]1c1ncc(-c2ccc(-c3ccc4cc(-c5cnc([C@@H]6CCCN6C(=O)CC(C)C)[nH]5)ccc4c3)nc2)[nH]1.COC(N)=O.COC(N)=O. The van der Waals surface area contributed by atoms with Crippen LogP contribution < -0.4 is 11.5 Å². The molecule has 0 unspecified atom stereocenters. The van der Waals surface area contributed by atoms with E-state index in [2.05, 4.69) is 106 Å². The number of nitrogens with two attached hydrogens (primary N) is 2. The lowest BCUT2D eigenvalue weighted by Crippen LogP contribution is -2.31. The number of amides is 4. The first-order valence-corrected chi connectivity index (χ1v) is 19.6. The van der Waals surface area contributed by atoms with Crippen LogP contribution in [0, 0.1) is 11.8 Å². The van der Waals surface area contributed by atoms with Crippen molar-refractivity contribution in [3.8, 4) is 33.8 Å². The summed E-state index contributed by atoms with van der Waals surface area (Å²) in [4.78, 5) is 69.5. The first-order valence-electron chi connectivity index (χ1n) is 19.6. The number of pyridine rings is 1. The Morgan fingerprint density at radius 3 is 1.52 bits per heavy atom. The lowest BCUT2D eigenvalue weighted by molar-refractivity contribution is -0.133. The molecule has 0 bridgehead atoms. The number of carbonyl (C=O) groups excluding carboxylic acids is 4. The molecule has 4 amide bonds. The van der Waals surface area contributed by atoms with Crippen LogP contribution in [-0.2, 0) is 19.1 Å². The van der Waals surface area contributed by atoms with Crippen molar-refractivity contribution in [2.45, 2.75) is 78.3 Å². The second-order valence-corrected chi connectivity index (χ2v) is 15.3. The van der Waals surface area contributed by atoms with Gasteiger partial charge >= 0.3 is 12.2 Å². The number of fused-ring (bicyclic) bond motifs is 1. The Kier molecular flexibility index (Phi) is 14.6. The number of hydrogen-bond donors (Lipinski definition) is 4. The number of ether oxygens (including phenoxy) is 2. The van der Waals surface area contributed by atoms with Gasteiger partial charge in [0.15, 0.2) is 0 Å². The number of carbonyl (C=O) groups is 4. The number of rotatable bonds is 9. The zero-order valence-corrected chi connectivity index (χ0v) is 34.2. The maximum atomic E-state index is 12.8. The van der Waals surface area contributed by atoms with Crippen LogP contribution in [-0.4, -0.2) is 86.0 Å². The molecule has 2 atom stereocenters. The Morgan fingerprint density at radius 1 is 0.655 bits per heavy atom. The number of nitrogens with zero attached hydrogens (tertiary/aromatic N) is 5. The molecule has 7 rings (SSSR count). The summed E-state index contributed by atoms with van der Waals surface area (Å²) in [7, 11) is 2.45. The van der Waals surface area contributed by atoms with Crippen molar-refractivity contribution >= 4 is 34.8 Å². The summed E-state index contributed by atoms with van der Waals surface area (Å²) in [6.45, 7) is 9.93. The number of imidazole rings is 2. The number of primary amides is 2. The second kappa shape index (κ2) is 19.7. The molecular formula is C43H55N9O6. The quantitative estimate of drug-likeness (QED) is 0.116. The van der Waals surface area contributed by atoms with Crippen LogP contribution in [0.3, 0.4) is 0 Å². The Labute approximate surface area is 338 Å². The van der Waals surface area contributed by atoms with Crippen molar-refractivity contribution in [3.63, 3.8) is 0 Å². The van der Waals surface area contributed by atoms with Crippen LogP contribution in [0.5, 0.6) is 0 Å². The Morgan fingerprint density at radius 2 is 1.09 bits per heavy atom. The molecule has 2 aromatic carbocycles. The van der Waals surface area contributed by atoms with Crippen molar-refractivity contribution in [1.82, 2.24) is 34.7 Å². The van der Waals surface area contributed by atoms with Gasteiger partial charge in [-0.3, -0.25) is 14.6 Å². The summed E-state index contributed by atoms with van der Waals surface area (Å²) < 4.78 is 7.78. The molecule has 5 aromatic rings. The predicted molar refractivity (Wildman–Crippen MR) is 222 cm³/mol. The molecule has 3 aromatic heterocycles. The molecule has 58 heavy (non-hydrogen) atoms. The summed E-state index contributed by atoms with van der Waals surface area (Å²) in [5.41, 5.74) is 14.7. The zero-order valence-electron chi connectivity index (χ0n) is 34.2. The van der Waals surface area contributed by atoms with E-state index in [1.54, 1.807) is 0 Å². The molecular weight excluding hydrogens is 739 g/mol. The van der Waals surface area contributed by atoms with Crippen LogP contribution in [0.15, 0.2) is 67.1 Å². The molecule has 2 aliphatic heterocycles. The number of nitrogens with one attached hydrogen (secondary N) is 2. The molecule has 15 heteroatoms. The van der Waals surface area contributed by atoms with Crippen molar-refractivity contribution in [2.24, 2.45) is 23.3 Å². The number of likely N-dealkylation sites (tertiary alicyclic amines) is 2. The molecule has 0 saturated carbocycles. The van der Waals surface area contributed by atoms with Crippen molar-refractivity contribution in [3.05, 3.63) is 78.8 Å². The molecule has 308 valence electrons. The highest BCUT2D eigenvalue weighted by Gasteiger charge is 2.33. The van der Waals surface area contributed by atoms with E-state index in [4.69, 9.17) is 9.97 Å². The third-order valence-electron chi connectivity index (χ3n) is 10.1. The van der Waals surface area contributed by atoms with Gasteiger partial charge in [-0.2, -0.15) is 0 Å². The van der Waals surface area contributed by atoms with Crippen molar-refractivity contribution < 1.29 is 28.7 Å². The van der Waals surface area contributed by atoms with E-state index in [1.807, 2.05) is 34.5 Å². The van der Waals surface area contributed by atoms with Crippen LogP contribution in [0.1, 0.15) is 90.0 Å². The minimum absolute atomic E-state index is 0.00793. The molecule has 5 heterocycles. The van der Waals surface area contributed by atoms with Crippen molar-refractivity contribution in [1.29, 1.82) is 0 Å². The number of benzene rings is 2. The zero-order chi connectivity index (χ0) is 41.9. The van der Waals surface area contributed by atoms with E-state index in [9.17, 15) is 19.2 Å². The first kappa shape index (κ1) is 42.9. The van der Waals surface area contributed by atoms with Crippen LogP contribution in [0.2, 0.25) is 0 Å². The van der Waals surface area contributed by atoms with Gasteiger partial charge in [0.2, 0.25) is 11.8 Å². The van der Waals surface area contributed by atoms with Crippen LogP contribution >= 0.6 is 0 Å². The number of aromatic amines is 2. The summed E-state index contributed by atoms with van der Waals surface area (Å²) in [5, 5.41) is 2.27. The standard InChI is InChI=1S/C39H45N7O2.2C2H5NO2/c1-24(2)17-36(47)45-15-5-7-34(45)38-41-22-32(43-38)29-12-10-26-19-28(11-9-27(26)20-29)31-14-13-30(21-40-31)33-23-42-39(44-33)35-8-6-16-46(35)37(48)18-25(3)4;2*1-5-2(3)4/h9-14,19-25,34-35H,5-8,15-18H2,1-4H3,(H,41,43)(H,42,44);2*1H3,(H2,3,4)/t34-,35-;;/m0../s1. The second-order valence-electron chi connectivity index (χ2n) is 15.3. The fraction of sp³-hybridized carbons (Fsp3) is 0.419. The van der Waals surface area contributed by atoms with Gasteiger partial charge in [0.1, 0.15) is 11.6 Å². The molecule has 6 N–H and O–H groups in total. The van der Waals surface area contributed by atoms with E-state index in [0.29, 0.717) is 24.7 Å². The lowest BCUT2D eigenvalue weighted by atomic mass is 10.0. The van der Waals surface area contributed by atoms with Gasteiger partial charge in [-0.05, 0) is 72.6 Å². The topological polar surface area (TPSA) is 216 Å². The summed E-state index contributed by atoms with van der Waals surface area (Å²) >= 11 is 0. The van der Waals surface area contributed by atoms with Gasteiger partial charge in [-0.1, -0.05) is 52.0 Å². The van der Waals surface area contributed by atoms with Crippen LogP contribution in [0.25, 0.3) is 44.5 Å². The van der Waals surface area contributed by atoms with Gasteiger partial charge in [0.05, 0.1) is 55.8 Å². The van der Waals surface area contributed by atoms with Crippen molar-refractivity contribution in [2.75, 3.05) is 27.3 Å². The largest absolute Gasteiger partial charge is 0.453 e. The number of H-pyrrole nitrogens is 2. The van der Waals surface area contributed by atoms with Gasteiger partial charge in [-0.15, -0.1) is 0 Å². The molecule has 2 aliphatic rings. The Balaban J connectivity index is 0.000000574.